The van der Waals surface area contributed by atoms with Crippen LogP contribution in [0.2, 0.25) is 0 Å². The van der Waals surface area contributed by atoms with E-state index in [2.05, 4.69) is 41.2 Å². The highest BCUT2D eigenvalue weighted by atomic mass is 16.3. The van der Waals surface area contributed by atoms with Crippen LogP contribution in [0.15, 0.2) is 12.2 Å². The van der Waals surface area contributed by atoms with Crippen molar-refractivity contribution >= 4 is 5.78 Å². The third kappa shape index (κ3) is 2.79. The summed E-state index contributed by atoms with van der Waals surface area (Å²) in [5.41, 5.74) is 1.50. The molecule has 0 amide bonds. The molecule has 0 heterocycles. The molecule has 0 saturated heterocycles. The van der Waals surface area contributed by atoms with Crippen LogP contribution in [0.3, 0.4) is 0 Å². The summed E-state index contributed by atoms with van der Waals surface area (Å²) in [6.45, 7) is 16.7. The van der Waals surface area contributed by atoms with Crippen LogP contribution in [0.1, 0.15) is 98.8 Å². The standard InChI is InChI=1S/C30H48O3/c1-19(2)20-9-14-30(18-32)16-15-28(5)21(25(20)30)7-8-23-26(3)12-11-24(33)27(4,17-31)22(26)10-13-29(23,28)6/h20-23,25,31-32H,1,7-18H2,2-6H3. The van der Waals surface area contributed by atoms with E-state index in [1.807, 2.05) is 0 Å². The Morgan fingerprint density at radius 1 is 0.879 bits per heavy atom. The summed E-state index contributed by atoms with van der Waals surface area (Å²) in [5, 5.41) is 21.0. The summed E-state index contributed by atoms with van der Waals surface area (Å²) < 4.78 is 0. The van der Waals surface area contributed by atoms with Gasteiger partial charge in [-0.2, -0.15) is 0 Å². The Labute approximate surface area is 201 Å². The molecule has 0 aliphatic heterocycles. The van der Waals surface area contributed by atoms with Crippen molar-refractivity contribution in [3.8, 4) is 0 Å². The number of Topliss-reactive ketones (excluding diaryl/α,β-unsaturated/α-hetero) is 1. The first-order chi connectivity index (χ1) is 15.4. The number of hydrogen-bond acceptors (Lipinski definition) is 3. The van der Waals surface area contributed by atoms with Crippen molar-refractivity contribution in [2.45, 2.75) is 98.8 Å². The Morgan fingerprint density at radius 2 is 1.61 bits per heavy atom. The number of fused-ring (bicyclic) bond motifs is 7. The zero-order valence-corrected chi connectivity index (χ0v) is 21.9. The van der Waals surface area contributed by atoms with Gasteiger partial charge in [0.05, 0.1) is 12.0 Å². The number of hydrogen-bond donors (Lipinski definition) is 2. The van der Waals surface area contributed by atoms with E-state index in [1.165, 1.54) is 37.7 Å². The minimum atomic E-state index is -0.568. The second-order valence-corrected chi connectivity index (χ2v) is 14.2. The number of aliphatic hydroxyl groups excluding tert-OH is 2. The second-order valence-electron chi connectivity index (χ2n) is 14.2. The average Bonchev–Trinajstić information content (AvgIpc) is 3.17. The van der Waals surface area contributed by atoms with Crippen molar-refractivity contribution in [2.75, 3.05) is 13.2 Å². The summed E-state index contributed by atoms with van der Waals surface area (Å²) in [5.74, 6) is 2.96. The molecule has 0 radical (unpaired) electrons. The normalized spacial score (nSPS) is 55.8. The molecule has 186 valence electrons. The Hall–Kier alpha value is -0.670. The topological polar surface area (TPSA) is 57.5 Å². The van der Waals surface area contributed by atoms with E-state index in [9.17, 15) is 15.0 Å². The van der Waals surface area contributed by atoms with Crippen LogP contribution < -0.4 is 0 Å². The molecular weight excluding hydrogens is 408 g/mol. The number of carbonyl (C=O) groups is 1. The Morgan fingerprint density at radius 3 is 2.24 bits per heavy atom. The molecule has 33 heavy (non-hydrogen) atoms. The number of carbonyl (C=O) groups excluding carboxylic acids is 1. The maximum atomic E-state index is 13.0. The molecule has 10 unspecified atom stereocenters. The zero-order valence-electron chi connectivity index (χ0n) is 21.9. The van der Waals surface area contributed by atoms with Crippen LogP contribution >= 0.6 is 0 Å². The predicted molar refractivity (Wildman–Crippen MR) is 132 cm³/mol. The first-order valence-electron chi connectivity index (χ1n) is 13.8. The minimum Gasteiger partial charge on any atom is -0.396 e. The SMILES string of the molecule is C=C(C)C1CCC2(CO)CCC3(C)C(CCC4C5(C)CCC(=O)C(C)(CO)C5CCC43C)C12. The number of aliphatic hydroxyl groups is 2. The zero-order chi connectivity index (χ0) is 24.0. The third-order valence-corrected chi connectivity index (χ3v) is 13.4. The van der Waals surface area contributed by atoms with Crippen LogP contribution in [0.25, 0.3) is 0 Å². The molecule has 10 atom stereocenters. The molecule has 5 saturated carbocycles. The molecule has 0 spiro atoms. The van der Waals surface area contributed by atoms with Crippen molar-refractivity contribution in [2.24, 2.45) is 56.7 Å². The van der Waals surface area contributed by atoms with E-state index in [-0.39, 0.29) is 34.1 Å². The fourth-order valence-corrected chi connectivity index (χ4v) is 11.4. The Bertz CT molecular complexity index is 849. The van der Waals surface area contributed by atoms with E-state index in [1.54, 1.807) is 0 Å². The smallest absolute Gasteiger partial charge is 0.141 e. The highest BCUT2D eigenvalue weighted by Gasteiger charge is 2.71. The maximum Gasteiger partial charge on any atom is 0.141 e. The van der Waals surface area contributed by atoms with Gasteiger partial charge in [-0.05, 0) is 116 Å². The first kappa shape index (κ1) is 24.0. The van der Waals surface area contributed by atoms with Gasteiger partial charge in [0.15, 0.2) is 0 Å². The summed E-state index contributed by atoms with van der Waals surface area (Å²) in [7, 11) is 0. The highest BCUT2D eigenvalue weighted by molar-refractivity contribution is 5.86. The van der Waals surface area contributed by atoms with E-state index in [4.69, 9.17) is 0 Å². The quantitative estimate of drug-likeness (QED) is 0.499. The van der Waals surface area contributed by atoms with Gasteiger partial charge in [0, 0.05) is 13.0 Å². The molecule has 3 nitrogen and oxygen atoms in total. The van der Waals surface area contributed by atoms with Crippen molar-refractivity contribution in [1.29, 1.82) is 0 Å². The van der Waals surface area contributed by atoms with E-state index in [0.717, 1.165) is 25.7 Å². The summed E-state index contributed by atoms with van der Waals surface area (Å²) >= 11 is 0. The van der Waals surface area contributed by atoms with E-state index in [0.29, 0.717) is 42.6 Å². The van der Waals surface area contributed by atoms with Gasteiger partial charge >= 0.3 is 0 Å². The van der Waals surface area contributed by atoms with Crippen LogP contribution in [0, 0.1) is 56.7 Å². The average molecular weight is 457 g/mol. The predicted octanol–water partition coefficient (Wildman–Crippen LogP) is 6.18. The van der Waals surface area contributed by atoms with Crippen LogP contribution in [-0.4, -0.2) is 29.2 Å². The molecule has 5 aliphatic rings. The van der Waals surface area contributed by atoms with Gasteiger partial charge in [0.2, 0.25) is 0 Å². The van der Waals surface area contributed by atoms with Crippen LogP contribution in [0.4, 0.5) is 0 Å². The van der Waals surface area contributed by atoms with Gasteiger partial charge < -0.3 is 10.2 Å². The third-order valence-electron chi connectivity index (χ3n) is 13.4. The fraction of sp³-hybridized carbons (Fsp3) is 0.900. The second kappa shape index (κ2) is 7.42. The fourth-order valence-electron chi connectivity index (χ4n) is 11.4. The molecule has 3 heteroatoms. The molecule has 0 aromatic heterocycles. The van der Waals surface area contributed by atoms with Gasteiger partial charge in [-0.1, -0.05) is 39.8 Å². The molecular formula is C30H48O3. The molecule has 5 aliphatic carbocycles. The van der Waals surface area contributed by atoms with Gasteiger partial charge in [-0.15, -0.1) is 0 Å². The van der Waals surface area contributed by atoms with Crippen LogP contribution in [-0.2, 0) is 4.79 Å². The van der Waals surface area contributed by atoms with Crippen molar-refractivity contribution < 1.29 is 15.0 Å². The number of rotatable bonds is 3. The van der Waals surface area contributed by atoms with Crippen molar-refractivity contribution in [3.63, 3.8) is 0 Å². The van der Waals surface area contributed by atoms with Crippen LogP contribution in [0.5, 0.6) is 0 Å². The molecule has 0 bridgehead atoms. The monoisotopic (exact) mass is 456 g/mol. The summed E-state index contributed by atoms with van der Waals surface area (Å²) in [4.78, 5) is 13.0. The van der Waals surface area contributed by atoms with Gasteiger partial charge in [0.25, 0.3) is 0 Å². The number of allylic oxidation sites excluding steroid dienone is 1. The molecule has 5 rings (SSSR count). The molecule has 0 aromatic carbocycles. The first-order valence-corrected chi connectivity index (χ1v) is 13.8. The molecule has 5 fully saturated rings. The van der Waals surface area contributed by atoms with Crippen molar-refractivity contribution in [3.05, 3.63) is 12.2 Å². The lowest BCUT2D eigenvalue weighted by Crippen LogP contribution is -2.67. The van der Waals surface area contributed by atoms with Gasteiger partial charge in [0.1, 0.15) is 5.78 Å². The van der Waals surface area contributed by atoms with Gasteiger partial charge in [-0.3, -0.25) is 4.79 Å². The lowest BCUT2D eigenvalue weighted by molar-refractivity contribution is -0.239. The van der Waals surface area contributed by atoms with E-state index >= 15 is 0 Å². The van der Waals surface area contributed by atoms with Crippen molar-refractivity contribution in [1.82, 2.24) is 0 Å². The summed E-state index contributed by atoms with van der Waals surface area (Å²) in [6.07, 6.45) is 11.1. The lowest BCUT2D eigenvalue weighted by Gasteiger charge is -2.72. The highest BCUT2D eigenvalue weighted by Crippen LogP contribution is 2.77. The molecule has 2 N–H and O–H groups in total. The largest absolute Gasteiger partial charge is 0.396 e. The lowest BCUT2D eigenvalue weighted by atomic mass is 9.32. The summed E-state index contributed by atoms with van der Waals surface area (Å²) in [6, 6.07) is 0. The van der Waals surface area contributed by atoms with Gasteiger partial charge in [-0.25, -0.2) is 0 Å². The molecule has 0 aromatic rings. The minimum absolute atomic E-state index is 0.00317. The van der Waals surface area contributed by atoms with E-state index < -0.39 is 5.41 Å². The Balaban J connectivity index is 1.55. The number of ketones is 1. The maximum absolute atomic E-state index is 13.0. The Kier molecular flexibility index (Phi) is 5.40.